The second kappa shape index (κ2) is 6.96. The maximum Gasteiger partial charge on any atom is 0.222 e. The Morgan fingerprint density at radius 3 is 2.56 bits per heavy atom. The van der Waals surface area contributed by atoms with Crippen molar-refractivity contribution in [2.45, 2.75) is 13.8 Å². The summed E-state index contributed by atoms with van der Waals surface area (Å²) in [6, 6.07) is 12.2. The van der Waals surface area contributed by atoms with E-state index in [2.05, 4.69) is 25.8 Å². The van der Waals surface area contributed by atoms with Crippen LogP contribution in [-0.4, -0.2) is 27.2 Å². The minimum absolute atomic E-state index is 0.184. The quantitative estimate of drug-likeness (QED) is 0.503. The third kappa shape index (κ3) is 4.08. The largest absolute Gasteiger partial charge is 0.508 e. The molecule has 2 aromatic heterocycles. The molecule has 1 amide bonds. The number of benzene rings is 1. The highest BCUT2D eigenvalue weighted by Gasteiger charge is 2.06. The minimum atomic E-state index is -0.184. The number of nitrogens with zero attached hydrogens (tertiary/aromatic N) is 3. The summed E-state index contributed by atoms with van der Waals surface area (Å²) in [6.07, 6.45) is 1.63. The van der Waals surface area contributed by atoms with Gasteiger partial charge in [-0.2, -0.15) is 5.10 Å². The first-order chi connectivity index (χ1) is 12.0. The number of nitrogens with one attached hydrogen (secondary N) is 2. The van der Waals surface area contributed by atoms with Crippen LogP contribution in [0.25, 0.3) is 11.0 Å². The van der Waals surface area contributed by atoms with Crippen molar-refractivity contribution >= 4 is 34.8 Å². The van der Waals surface area contributed by atoms with Gasteiger partial charge < -0.3 is 10.4 Å². The van der Waals surface area contributed by atoms with Gasteiger partial charge in [0.2, 0.25) is 5.91 Å². The van der Waals surface area contributed by atoms with Crippen molar-refractivity contribution in [2.24, 2.45) is 5.10 Å². The molecule has 0 aliphatic carbocycles. The average molecular weight is 335 g/mol. The standard InChI is InChI=1S/C18H17N5O2/c1-11-9-17(23-19-10-13-3-5-14(25)6-4-13)22-18-15(11)7-8-16(21-18)20-12(2)24/h3-10,25H,1-2H3,(H2,20,21,22,23,24)/b19-10+. The lowest BCUT2D eigenvalue weighted by Gasteiger charge is -2.07. The van der Waals surface area contributed by atoms with E-state index in [-0.39, 0.29) is 11.7 Å². The number of hydrazone groups is 1. The van der Waals surface area contributed by atoms with Crippen LogP contribution in [0.15, 0.2) is 47.6 Å². The molecule has 126 valence electrons. The van der Waals surface area contributed by atoms with Gasteiger partial charge in [0.15, 0.2) is 5.65 Å². The molecule has 1 aromatic carbocycles. The predicted octanol–water partition coefficient (Wildman–Crippen LogP) is 3.05. The lowest BCUT2D eigenvalue weighted by molar-refractivity contribution is -0.114. The number of rotatable bonds is 4. The topological polar surface area (TPSA) is 99.5 Å². The van der Waals surface area contributed by atoms with Crippen molar-refractivity contribution < 1.29 is 9.90 Å². The predicted molar refractivity (Wildman–Crippen MR) is 97.9 cm³/mol. The molecule has 3 rings (SSSR count). The van der Waals surface area contributed by atoms with Crippen molar-refractivity contribution in [1.29, 1.82) is 0 Å². The highest BCUT2D eigenvalue weighted by Crippen LogP contribution is 2.20. The van der Waals surface area contributed by atoms with E-state index in [0.29, 0.717) is 17.3 Å². The number of phenols is 1. The highest BCUT2D eigenvalue weighted by atomic mass is 16.3. The van der Waals surface area contributed by atoms with Crippen LogP contribution >= 0.6 is 0 Å². The number of carbonyl (C=O) groups excluding carboxylic acids is 1. The molecular formula is C18H17N5O2. The molecule has 2 heterocycles. The second-order valence-electron chi connectivity index (χ2n) is 5.53. The number of fused-ring (bicyclic) bond motifs is 1. The number of amides is 1. The van der Waals surface area contributed by atoms with Crippen LogP contribution in [0, 0.1) is 6.92 Å². The van der Waals surface area contributed by atoms with E-state index >= 15 is 0 Å². The lowest BCUT2D eigenvalue weighted by atomic mass is 10.2. The van der Waals surface area contributed by atoms with Gasteiger partial charge in [-0.3, -0.25) is 10.2 Å². The van der Waals surface area contributed by atoms with Gasteiger partial charge in [-0.25, -0.2) is 9.97 Å². The van der Waals surface area contributed by atoms with Crippen molar-refractivity contribution in [3.63, 3.8) is 0 Å². The number of hydrogen-bond donors (Lipinski definition) is 3. The molecule has 0 atom stereocenters. The summed E-state index contributed by atoms with van der Waals surface area (Å²) in [5.74, 6) is 1.03. The van der Waals surface area contributed by atoms with Crippen LogP contribution in [-0.2, 0) is 4.79 Å². The Bertz CT molecular complexity index is 952. The summed E-state index contributed by atoms with van der Waals surface area (Å²) in [4.78, 5) is 19.9. The normalized spacial score (nSPS) is 11.0. The van der Waals surface area contributed by atoms with Crippen molar-refractivity contribution in [2.75, 3.05) is 10.7 Å². The Labute approximate surface area is 144 Å². The van der Waals surface area contributed by atoms with Crippen LogP contribution in [0.4, 0.5) is 11.6 Å². The Kier molecular flexibility index (Phi) is 4.56. The fourth-order valence-electron chi connectivity index (χ4n) is 2.31. The first-order valence-electron chi connectivity index (χ1n) is 7.65. The average Bonchev–Trinajstić information content (AvgIpc) is 2.56. The van der Waals surface area contributed by atoms with Gasteiger partial charge in [-0.05, 0) is 60.5 Å². The molecule has 3 aromatic rings. The molecule has 0 bridgehead atoms. The molecule has 0 saturated heterocycles. The molecular weight excluding hydrogens is 318 g/mol. The Balaban J connectivity index is 1.83. The van der Waals surface area contributed by atoms with Gasteiger partial charge in [0, 0.05) is 12.3 Å². The molecule has 0 spiro atoms. The van der Waals surface area contributed by atoms with Crippen LogP contribution in [0.3, 0.4) is 0 Å². The summed E-state index contributed by atoms with van der Waals surface area (Å²) in [5.41, 5.74) is 5.23. The number of aryl methyl sites for hydroxylation is 1. The maximum atomic E-state index is 11.2. The van der Waals surface area contributed by atoms with E-state index in [4.69, 9.17) is 0 Å². The van der Waals surface area contributed by atoms with E-state index in [1.165, 1.54) is 6.92 Å². The fourth-order valence-corrected chi connectivity index (χ4v) is 2.31. The number of carbonyl (C=O) groups is 1. The number of aromatic nitrogens is 2. The monoisotopic (exact) mass is 335 g/mol. The molecule has 0 saturated carbocycles. The van der Waals surface area contributed by atoms with Crippen LogP contribution in [0.1, 0.15) is 18.1 Å². The summed E-state index contributed by atoms with van der Waals surface area (Å²) in [6.45, 7) is 3.39. The molecule has 0 unspecified atom stereocenters. The Hall–Kier alpha value is -3.48. The summed E-state index contributed by atoms with van der Waals surface area (Å²) in [5, 5.41) is 17.0. The van der Waals surface area contributed by atoms with E-state index in [1.807, 2.05) is 19.1 Å². The zero-order valence-electron chi connectivity index (χ0n) is 13.8. The Morgan fingerprint density at radius 1 is 1.12 bits per heavy atom. The molecule has 0 aliphatic rings. The third-order valence-corrected chi connectivity index (χ3v) is 3.47. The number of pyridine rings is 2. The van der Waals surface area contributed by atoms with Crippen LogP contribution in [0.5, 0.6) is 5.75 Å². The lowest BCUT2D eigenvalue weighted by Crippen LogP contribution is -2.07. The van der Waals surface area contributed by atoms with Crippen LogP contribution < -0.4 is 10.7 Å². The molecule has 3 N–H and O–H groups in total. The van der Waals surface area contributed by atoms with E-state index in [0.717, 1.165) is 16.5 Å². The SMILES string of the molecule is CC(=O)Nc1ccc2c(C)cc(N/N=C/c3ccc(O)cc3)nc2n1. The molecule has 0 fully saturated rings. The zero-order chi connectivity index (χ0) is 17.8. The number of hydrogen-bond acceptors (Lipinski definition) is 6. The van der Waals surface area contributed by atoms with Gasteiger partial charge in [0.05, 0.1) is 6.21 Å². The molecule has 7 heteroatoms. The maximum absolute atomic E-state index is 11.2. The van der Waals surface area contributed by atoms with E-state index in [9.17, 15) is 9.90 Å². The van der Waals surface area contributed by atoms with Crippen molar-refractivity contribution in [3.8, 4) is 5.75 Å². The van der Waals surface area contributed by atoms with Gasteiger partial charge >= 0.3 is 0 Å². The van der Waals surface area contributed by atoms with Gasteiger partial charge in [-0.1, -0.05) is 0 Å². The molecule has 0 aliphatic heterocycles. The first kappa shape index (κ1) is 16.4. The zero-order valence-corrected chi connectivity index (χ0v) is 13.8. The highest BCUT2D eigenvalue weighted by molar-refractivity contribution is 5.90. The van der Waals surface area contributed by atoms with Gasteiger partial charge in [0.25, 0.3) is 0 Å². The summed E-state index contributed by atoms with van der Waals surface area (Å²) in [7, 11) is 0. The van der Waals surface area contributed by atoms with E-state index in [1.54, 1.807) is 36.5 Å². The first-order valence-corrected chi connectivity index (χ1v) is 7.65. The van der Waals surface area contributed by atoms with E-state index < -0.39 is 0 Å². The van der Waals surface area contributed by atoms with Gasteiger partial charge in [0.1, 0.15) is 17.4 Å². The molecule has 0 radical (unpaired) electrons. The molecule has 25 heavy (non-hydrogen) atoms. The summed E-state index contributed by atoms with van der Waals surface area (Å²) >= 11 is 0. The van der Waals surface area contributed by atoms with Gasteiger partial charge in [-0.15, -0.1) is 0 Å². The molecule has 7 nitrogen and oxygen atoms in total. The van der Waals surface area contributed by atoms with Crippen LogP contribution in [0.2, 0.25) is 0 Å². The Morgan fingerprint density at radius 2 is 1.84 bits per heavy atom. The smallest absolute Gasteiger partial charge is 0.222 e. The number of anilines is 2. The third-order valence-electron chi connectivity index (χ3n) is 3.47. The second-order valence-corrected chi connectivity index (χ2v) is 5.53. The van der Waals surface area contributed by atoms with Crippen molar-refractivity contribution in [1.82, 2.24) is 9.97 Å². The number of phenolic OH excluding ortho intramolecular Hbond substituents is 1. The number of aromatic hydroxyl groups is 1. The van der Waals surface area contributed by atoms with Crippen molar-refractivity contribution in [3.05, 3.63) is 53.6 Å². The fraction of sp³-hybridized carbons (Fsp3) is 0.111. The summed E-state index contributed by atoms with van der Waals surface area (Å²) < 4.78 is 0. The minimum Gasteiger partial charge on any atom is -0.508 e.